The van der Waals surface area contributed by atoms with Crippen molar-refractivity contribution in [2.24, 2.45) is 5.92 Å². The van der Waals surface area contributed by atoms with E-state index in [4.69, 9.17) is 0 Å². The zero-order chi connectivity index (χ0) is 20.3. The maximum absolute atomic E-state index is 13.6. The molecule has 7 heteroatoms. The predicted molar refractivity (Wildman–Crippen MR) is 104 cm³/mol. The molecule has 1 fully saturated rings. The van der Waals surface area contributed by atoms with Crippen molar-refractivity contribution < 1.29 is 18.8 Å². The normalized spacial score (nSPS) is 16.4. The zero-order valence-corrected chi connectivity index (χ0v) is 15.7. The van der Waals surface area contributed by atoms with Gasteiger partial charge in [-0.15, -0.1) is 0 Å². The van der Waals surface area contributed by atoms with Gasteiger partial charge in [-0.05, 0) is 50.2 Å². The molecule has 3 amide bonds. The lowest BCUT2D eigenvalue weighted by Gasteiger charge is -2.20. The summed E-state index contributed by atoms with van der Waals surface area (Å²) in [6, 6.07) is 12.3. The summed E-state index contributed by atoms with van der Waals surface area (Å²) in [6.07, 6.45) is 0.202. The number of benzene rings is 2. The van der Waals surface area contributed by atoms with Gasteiger partial charge in [-0.25, -0.2) is 4.39 Å². The Morgan fingerprint density at radius 3 is 2.36 bits per heavy atom. The minimum atomic E-state index is -0.513. The summed E-state index contributed by atoms with van der Waals surface area (Å²) in [5, 5.41) is 5.29. The van der Waals surface area contributed by atoms with Gasteiger partial charge < -0.3 is 15.5 Å². The molecule has 3 rings (SSSR count). The first-order valence-electron chi connectivity index (χ1n) is 9.11. The molecule has 1 heterocycles. The quantitative estimate of drug-likeness (QED) is 0.832. The van der Waals surface area contributed by atoms with E-state index >= 15 is 0 Å². The van der Waals surface area contributed by atoms with Crippen molar-refractivity contribution in [3.63, 3.8) is 0 Å². The van der Waals surface area contributed by atoms with Gasteiger partial charge in [0.15, 0.2) is 0 Å². The van der Waals surface area contributed by atoms with Gasteiger partial charge >= 0.3 is 0 Å². The van der Waals surface area contributed by atoms with E-state index in [0.29, 0.717) is 17.8 Å². The van der Waals surface area contributed by atoms with Crippen molar-refractivity contribution >= 4 is 29.1 Å². The van der Waals surface area contributed by atoms with Gasteiger partial charge in [0, 0.05) is 30.3 Å². The Morgan fingerprint density at radius 2 is 1.75 bits per heavy atom. The second kappa shape index (κ2) is 8.21. The number of rotatable bonds is 5. The summed E-state index contributed by atoms with van der Waals surface area (Å²) in [4.78, 5) is 38.3. The van der Waals surface area contributed by atoms with Crippen LogP contribution in [-0.4, -0.2) is 35.2 Å². The van der Waals surface area contributed by atoms with Crippen molar-refractivity contribution in [2.75, 3.05) is 17.2 Å². The highest BCUT2D eigenvalue weighted by Gasteiger charge is 2.35. The lowest BCUT2D eigenvalue weighted by atomic mass is 10.1. The molecule has 6 nitrogen and oxygen atoms in total. The van der Waals surface area contributed by atoms with Crippen LogP contribution in [0.1, 0.15) is 30.6 Å². The molecule has 1 unspecified atom stereocenters. The largest absolute Gasteiger partial charge is 0.339 e. The summed E-state index contributed by atoms with van der Waals surface area (Å²) in [6.45, 7) is 4.25. The fourth-order valence-electron chi connectivity index (χ4n) is 3.11. The number of halogens is 1. The van der Waals surface area contributed by atoms with Crippen molar-refractivity contribution in [3.05, 3.63) is 59.9 Å². The highest BCUT2D eigenvalue weighted by atomic mass is 19.1. The maximum Gasteiger partial charge on any atom is 0.255 e. The SMILES string of the molecule is CC(C)N1CC(C(=O)Nc2ccc(C(=O)Nc3ccccc3F)cc2)CC1=O. The third-order valence-corrected chi connectivity index (χ3v) is 4.69. The van der Waals surface area contributed by atoms with Gasteiger partial charge in [-0.1, -0.05) is 12.1 Å². The van der Waals surface area contributed by atoms with E-state index in [1.165, 1.54) is 12.1 Å². The van der Waals surface area contributed by atoms with Crippen LogP contribution in [0.3, 0.4) is 0 Å². The van der Waals surface area contributed by atoms with Crippen LogP contribution in [-0.2, 0) is 9.59 Å². The highest BCUT2D eigenvalue weighted by molar-refractivity contribution is 6.05. The fraction of sp³-hybridized carbons (Fsp3) is 0.286. The monoisotopic (exact) mass is 383 g/mol. The molecule has 2 N–H and O–H groups in total. The molecule has 0 spiro atoms. The lowest BCUT2D eigenvalue weighted by molar-refractivity contribution is -0.129. The predicted octanol–water partition coefficient (Wildman–Crippen LogP) is 3.27. The van der Waals surface area contributed by atoms with Crippen LogP contribution in [0.15, 0.2) is 48.5 Å². The van der Waals surface area contributed by atoms with Crippen molar-refractivity contribution in [1.82, 2.24) is 4.90 Å². The van der Waals surface area contributed by atoms with E-state index < -0.39 is 11.7 Å². The average Bonchev–Trinajstić information content (AvgIpc) is 3.06. The zero-order valence-electron chi connectivity index (χ0n) is 15.7. The minimum Gasteiger partial charge on any atom is -0.339 e. The van der Waals surface area contributed by atoms with E-state index in [1.54, 1.807) is 41.3 Å². The van der Waals surface area contributed by atoms with Gasteiger partial charge in [0.05, 0.1) is 11.6 Å². The third kappa shape index (κ3) is 4.36. The number of para-hydroxylation sites is 1. The van der Waals surface area contributed by atoms with Crippen molar-refractivity contribution in [3.8, 4) is 0 Å². The van der Waals surface area contributed by atoms with Gasteiger partial charge in [-0.3, -0.25) is 14.4 Å². The second-order valence-electron chi connectivity index (χ2n) is 7.04. The van der Waals surface area contributed by atoms with Crippen LogP contribution in [0.5, 0.6) is 0 Å². The molecule has 2 aromatic rings. The first kappa shape index (κ1) is 19.5. The Balaban J connectivity index is 1.60. The molecular formula is C21H22FN3O3. The third-order valence-electron chi connectivity index (χ3n) is 4.69. The molecule has 1 aliphatic heterocycles. The summed E-state index contributed by atoms with van der Waals surface area (Å²) in [7, 11) is 0. The highest BCUT2D eigenvalue weighted by Crippen LogP contribution is 2.22. The summed E-state index contributed by atoms with van der Waals surface area (Å²) in [5.41, 5.74) is 0.969. The van der Waals surface area contributed by atoms with Crippen LogP contribution >= 0.6 is 0 Å². The van der Waals surface area contributed by atoms with Crippen LogP contribution in [0.25, 0.3) is 0 Å². The average molecular weight is 383 g/mol. The molecular weight excluding hydrogens is 361 g/mol. The molecule has 0 bridgehead atoms. The van der Waals surface area contributed by atoms with Crippen molar-refractivity contribution in [2.45, 2.75) is 26.3 Å². The molecule has 1 aliphatic rings. The van der Waals surface area contributed by atoms with Crippen LogP contribution in [0.2, 0.25) is 0 Å². The number of amides is 3. The molecule has 1 atom stereocenters. The molecule has 0 saturated carbocycles. The van der Waals surface area contributed by atoms with E-state index in [-0.39, 0.29) is 35.9 Å². The van der Waals surface area contributed by atoms with Gasteiger partial charge in [-0.2, -0.15) is 0 Å². The second-order valence-corrected chi connectivity index (χ2v) is 7.04. The Hall–Kier alpha value is -3.22. The topological polar surface area (TPSA) is 78.5 Å². The summed E-state index contributed by atoms with van der Waals surface area (Å²) in [5.74, 6) is -1.59. The molecule has 0 aliphatic carbocycles. The number of nitrogens with one attached hydrogen (secondary N) is 2. The van der Waals surface area contributed by atoms with Gasteiger partial charge in [0.2, 0.25) is 11.8 Å². The van der Waals surface area contributed by atoms with E-state index in [0.717, 1.165) is 0 Å². The number of anilines is 2. The number of hydrogen-bond donors (Lipinski definition) is 2. The molecule has 146 valence electrons. The van der Waals surface area contributed by atoms with Gasteiger partial charge in [0.1, 0.15) is 5.82 Å². The Kier molecular flexibility index (Phi) is 5.73. The Labute approximate surface area is 162 Å². The molecule has 28 heavy (non-hydrogen) atoms. The molecule has 2 aromatic carbocycles. The van der Waals surface area contributed by atoms with Crippen molar-refractivity contribution in [1.29, 1.82) is 0 Å². The van der Waals surface area contributed by atoms with Crippen LogP contribution < -0.4 is 10.6 Å². The molecule has 0 aromatic heterocycles. The Bertz CT molecular complexity index is 896. The van der Waals surface area contributed by atoms with E-state index in [1.807, 2.05) is 13.8 Å². The van der Waals surface area contributed by atoms with E-state index in [2.05, 4.69) is 10.6 Å². The Morgan fingerprint density at radius 1 is 1.07 bits per heavy atom. The minimum absolute atomic E-state index is 0.0182. The summed E-state index contributed by atoms with van der Waals surface area (Å²) < 4.78 is 13.6. The van der Waals surface area contributed by atoms with E-state index in [9.17, 15) is 18.8 Å². The number of hydrogen-bond acceptors (Lipinski definition) is 3. The van der Waals surface area contributed by atoms with Crippen LogP contribution in [0, 0.1) is 11.7 Å². The molecule has 0 radical (unpaired) electrons. The lowest BCUT2D eigenvalue weighted by Crippen LogP contribution is -2.33. The van der Waals surface area contributed by atoms with Gasteiger partial charge in [0.25, 0.3) is 5.91 Å². The number of carbonyl (C=O) groups is 3. The first-order valence-corrected chi connectivity index (χ1v) is 9.11. The summed E-state index contributed by atoms with van der Waals surface area (Å²) >= 11 is 0. The fourth-order valence-corrected chi connectivity index (χ4v) is 3.11. The smallest absolute Gasteiger partial charge is 0.255 e. The standard InChI is InChI=1S/C21H22FN3O3/c1-13(2)25-12-15(11-19(25)26)21(28)23-16-9-7-14(8-10-16)20(27)24-18-6-4-3-5-17(18)22/h3-10,13,15H,11-12H2,1-2H3,(H,23,28)(H,24,27). The maximum atomic E-state index is 13.6. The molecule has 1 saturated heterocycles. The number of carbonyl (C=O) groups excluding carboxylic acids is 3. The first-order chi connectivity index (χ1) is 13.3. The number of likely N-dealkylation sites (tertiary alicyclic amines) is 1. The van der Waals surface area contributed by atoms with Crippen LogP contribution in [0.4, 0.5) is 15.8 Å². The number of nitrogens with zero attached hydrogens (tertiary/aromatic N) is 1.